The lowest BCUT2D eigenvalue weighted by atomic mass is 10.1. The highest BCUT2D eigenvalue weighted by Gasteiger charge is 2.18. The van der Waals surface area contributed by atoms with Crippen LogP contribution in [0, 0.1) is 0 Å². The number of carbonyl (C=O) groups excluding carboxylic acids is 2. The maximum absolute atomic E-state index is 12.4. The van der Waals surface area contributed by atoms with Gasteiger partial charge in [0.25, 0.3) is 0 Å². The highest BCUT2D eigenvalue weighted by molar-refractivity contribution is 7.99. The second-order valence-corrected chi connectivity index (χ2v) is 8.45. The summed E-state index contributed by atoms with van der Waals surface area (Å²) in [5, 5.41) is 14.8. The van der Waals surface area contributed by atoms with Gasteiger partial charge in [0.15, 0.2) is 11.0 Å². The van der Waals surface area contributed by atoms with Crippen molar-refractivity contribution in [3.05, 3.63) is 59.9 Å². The zero-order chi connectivity index (χ0) is 24.5. The fourth-order valence-corrected chi connectivity index (χ4v) is 3.96. The predicted molar refractivity (Wildman–Crippen MR) is 131 cm³/mol. The highest BCUT2D eigenvalue weighted by atomic mass is 32.2. The monoisotopic (exact) mass is 483 g/mol. The van der Waals surface area contributed by atoms with Gasteiger partial charge in [0, 0.05) is 12.7 Å². The molecule has 0 saturated carbocycles. The number of hydrogen-bond donors (Lipinski definition) is 2. The molecular weight excluding hydrogens is 454 g/mol. The van der Waals surface area contributed by atoms with Crippen molar-refractivity contribution < 1.29 is 19.1 Å². The molecule has 2 amide bonds. The average molecular weight is 484 g/mol. The van der Waals surface area contributed by atoms with E-state index in [1.165, 1.54) is 11.8 Å². The number of amides is 2. The van der Waals surface area contributed by atoms with Crippen molar-refractivity contribution in [3.8, 4) is 11.5 Å². The van der Waals surface area contributed by atoms with Gasteiger partial charge in [-0.1, -0.05) is 23.9 Å². The zero-order valence-corrected chi connectivity index (χ0v) is 20.5. The number of nitrogens with one attached hydrogen (secondary N) is 2. The topological polar surface area (TPSA) is 107 Å². The summed E-state index contributed by atoms with van der Waals surface area (Å²) in [4.78, 5) is 24.8. The van der Waals surface area contributed by atoms with E-state index >= 15 is 0 Å². The largest absolute Gasteiger partial charge is 0.497 e. The molecule has 3 rings (SSSR count). The van der Waals surface area contributed by atoms with Gasteiger partial charge in [0.05, 0.1) is 31.9 Å². The Balaban J connectivity index is 1.49. The SMILES string of the molecule is CCOc1ccc(NC(=O)CSc2nnc(C(C)NC(=O)Cc3ccc(OC)cc3)n2C)cc1. The Bertz CT molecular complexity index is 1100. The number of rotatable bonds is 11. The first kappa shape index (κ1) is 25.1. The second kappa shape index (κ2) is 12.1. The molecule has 0 spiro atoms. The molecule has 3 aromatic rings. The molecular formula is C24H29N5O4S. The minimum Gasteiger partial charge on any atom is -0.497 e. The Morgan fingerprint density at radius 1 is 1.03 bits per heavy atom. The first-order chi connectivity index (χ1) is 16.4. The molecule has 0 aliphatic carbocycles. The molecule has 2 N–H and O–H groups in total. The van der Waals surface area contributed by atoms with Crippen LogP contribution >= 0.6 is 11.8 Å². The summed E-state index contributed by atoms with van der Waals surface area (Å²) in [6.07, 6.45) is 0.250. The molecule has 180 valence electrons. The van der Waals surface area contributed by atoms with E-state index in [9.17, 15) is 9.59 Å². The van der Waals surface area contributed by atoms with Crippen LogP contribution in [-0.4, -0.2) is 46.0 Å². The molecule has 1 heterocycles. The predicted octanol–water partition coefficient (Wildman–Crippen LogP) is 3.37. The summed E-state index contributed by atoms with van der Waals surface area (Å²) in [6, 6.07) is 14.2. The zero-order valence-electron chi connectivity index (χ0n) is 19.7. The summed E-state index contributed by atoms with van der Waals surface area (Å²) in [7, 11) is 3.42. The number of nitrogens with zero attached hydrogens (tertiary/aromatic N) is 3. The van der Waals surface area contributed by atoms with E-state index in [1.54, 1.807) is 23.8 Å². The van der Waals surface area contributed by atoms with Crippen LogP contribution in [0.3, 0.4) is 0 Å². The molecule has 1 aromatic heterocycles. The molecule has 1 atom stereocenters. The molecule has 0 aliphatic heterocycles. The van der Waals surface area contributed by atoms with Crippen LogP contribution in [0.1, 0.15) is 31.3 Å². The molecule has 34 heavy (non-hydrogen) atoms. The third-order valence-electron chi connectivity index (χ3n) is 4.94. The Kier molecular flexibility index (Phi) is 8.92. The van der Waals surface area contributed by atoms with E-state index in [0.29, 0.717) is 23.3 Å². The van der Waals surface area contributed by atoms with Crippen LogP contribution < -0.4 is 20.1 Å². The number of thioether (sulfide) groups is 1. The average Bonchev–Trinajstić information content (AvgIpc) is 3.20. The third-order valence-corrected chi connectivity index (χ3v) is 5.96. The van der Waals surface area contributed by atoms with Gasteiger partial charge in [-0.05, 0) is 55.8 Å². The lowest BCUT2D eigenvalue weighted by Gasteiger charge is -2.14. The fourth-order valence-electron chi connectivity index (χ4n) is 3.24. The summed E-state index contributed by atoms with van der Waals surface area (Å²) in [5.41, 5.74) is 1.58. The Labute approximate surface area is 203 Å². The van der Waals surface area contributed by atoms with Gasteiger partial charge in [-0.15, -0.1) is 10.2 Å². The van der Waals surface area contributed by atoms with Gasteiger partial charge in [-0.25, -0.2) is 0 Å². The van der Waals surface area contributed by atoms with Gasteiger partial charge in [-0.3, -0.25) is 9.59 Å². The fraction of sp³-hybridized carbons (Fsp3) is 0.333. The van der Waals surface area contributed by atoms with Gasteiger partial charge >= 0.3 is 0 Å². The minimum absolute atomic E-state index is 0.121. The molecule has 0 fully saturated rings. The van der Waals surface area contributed by atoms with E-state index in [1.807, 2.05) is 57.3 Å². The summed E-state index contributed by atoms with van der Waals surface area (Å²) < 4.78 is 12.3. The molecule has 0 aliphatic rings. The van der Waals surface area contributed by atoms with E-state index in [-0.39, 0.29) is 30.0 Å². The molecule has 10 heteroatoms. The van der Waals surface area contributed by atoms with Crippen LogP contribution in [0.2, 0.25) is 0 Å². The number of ether oxygens (including phenoxy) is 2. The number of carbonyl (C=O) groups is 2. The molecule has 2 aromatic carbocycles. The first-order valence-corrected chi connectivity index (χ1v) is 11.8. The highest BCUT2D eigenvalue weighted by Crippen LogP contribution is 2.21. The first-order valence-electron chi connectivity index (χ1n) is 10.9. The summed E-state index contributed by atoms with van der Waals surface area (Å²) in [5.74, 6) is 2.01. The van der Waals surface area contributed by atoms with E-state index in [4.69, 9.17) is 9.47 Å². The van der Waals surface area contributed by atoms with Gasteiger partial charge < -0.3 is 24.7 Å². The second-order valence-electron chi connectivity index (χ2n) is 7.51. The Hall–Kier alpha value is -3.53. The van der Waals surface area contributed by atoms with Gasteiger partial charge in [0.2, 0.25) is 11.8 Å². The minimum atomic E-state index is -0.338. The maximum atomic E-state index is 12.4. The van der Waals surface area contributed by atoms with Crippen molar-refractivity contribution >= 4 is 29.3 Å². The maximum Gasteiger partial charge on any atom is 0.234 e. The summed E-state index contributed by atoms with van der Waals surface area (Å²) in [6.45, 7) is 4.36. The van der Waals surface area contributed by atoms with E-state index in [2.05, 4.69) is 20.8 Å². The number of hydrogen-bond acceptors (Lipinski definition) is 7. The van der Waals surface area contributed by atoms with Crippen molar-refractivity contribution in [2.24, 2.45) is 7.05 Å². The molecule has 0 bridgehead atoms. The number of anilines is 1. The van der Waals surface area contributed by atoms with Crippen molar-refractivity contribution in [2.45, 2.75) is 31.5 Å². The smallest absolute Gasteiger partial charge is 0.234 e. The van der Waals surface area contributed by atoms with Crippen LogP contribution in [0.4, 0.5) is 5.69 Å². The Morgan fingerprint density at radius 2 is 1.71 bits per heavy atom. The number of benzene rings is 2. The molecule has 1 unspecified atom stereocenters. The lowest BCUT2D eigenvalue weighted by Crippen LogP contribution is -2.29. The standard InChI is InChI=1S/C24H29N5O4S/c1-5-33-20-12-8-18(9-13-20)26-22(31)15-34-24-28-27-23(29(24)3)16(2)25-21(30)14-17-6-10-19(32-4)11-7-17/h6-13,16H,5,14-15H2,1-4H3,(H,25,30)(H,26,31). The van der Waals surface area contributed by atoms with Crippen molar-refractivity contribution in [2.75, 3.05) is 24.8 Å². The molecule has 0 saturated heterocycles. The molecule has 9 nitrogen and oxygen atoms in total. The van der Waals surface area contributed by atoms with Crippen molar-refractivity contribution in [3.63, 3.8) is 0 Å². The summed E-state index contributed by atoms with van der Waals surface area (Å²) >= 11 is 1.28. The number of methoxy groups -OCH3 is 1. The van der Waals surface area contributed by atoms with Crippen LogP contribution in [0.15, 0.2) is 53.7 Å². The van der Waals surface area contributed by atoms with Crippen LogP contribution in [0.25, 0.3) is 0 Å². The van der Waals surface area contributed by atoms with E-state index < -0.39 is 0 Å². The lowest BCUT2D eigenvalue weighted by molar-refractivity contribution is -0.121. The molecule has 0 radical (unpaired) electrons. The van der Waals surface area contributed by atoms with Gasteiger partial charge in [0.1, 0.15) is 11.5 Å². The number of aromatic nitrogens is 3. The van der Waals surface area contributed by atoms with Crippen molar-refractivity contribution in [1.82, 2.24) is 20.1 Å². The van der Waals surface area contributed by atoms with Crippen LogP contribution in [0.5, 0.6) is 11.5 Å². The van der Waals surface area contributed by atoms with E-state index in [0.717, 1.165) is 17.1 Å². The Morgan fingerprint density at radius 3 is 2.35 bits per heavy atom. The van der Waals surface area contributed by atoms with Gasteiger partial charge in [-0.2, -0.15) is 0 Å². The van der Waals surface area contributed by atoms with Crippen LogP contribution in [-0.2, 0) is 23.1 Å². The third kappa shape index (κ3) is 6.98. The quantitative estimate of drug-likeness (QED) is 0.403. The normalized spacial score (nSPS) is 11.5. The van der Waals surface area contributed by atoms with Crippen molar-refractivity contribution in [1.29, 1.82) is 0 Å².